The topological polar surface area (TPSA) is 36.7 Å². The summed E-state index contributed by atoms with van der Waals surface area (Å²) < 4.78 is 25.6. The second-order valence-electron chi connectivity index (χ2n) is 2.72. The summed E-state index contributed by atoms with van der Waals surface area (Å²) in [5.74, 6) is 0. The molecule has 0 bridgehead atoms. The molecule has 0 amide bonds. The summed E-state index contributed by atoms with van der Waals surface area (Å²) in [5.41, 5.74) is 1.16. The standard InChI is InChI=1S/C9H6BrF2IN2/c10-3-5-7(1-2-14)15-4-6(8(5)13)9(11)12/h4,9H,1,3H2. The zero-order chi connectivity index (χ0) is 11.4. The molecule has 6 heteroatoms. The van der Waals surface area contributed by atoms with Crippen molar-refractivity contribution < 1.29 is 8.78 Å². The van der Waals surface area contributed by atoms with Crippen LogP contribution >= 0.6 is 38.5 Å². The lowest BCUT2D eigenvalue weighted by Gasteiger charge is -2.10. The first-order valence-corrected chi connectivity index (χ1v) is 6.19. The van der Waals surface area contributed by atoms with Gasteiger partial charge in [0.25, 0.3) is 6.43 Å². The van der Waals surface area contributed by atoms with Crippen LogP contribution in [0.3, 0.4) is 0 Å². The van der Waals surface area contributed by atoms with Crippen molar-refractivity contribution in [2.45, 2.75) is 18.2 Å². The summed E-state index contributed by atoms with van der Waals surface area (Å²) in [6, 6.07) is 1.96. The minimum Gasteiger partial charge on any atom is -0.259 e. The number of halogens is 4. The van der Waals surface area contributed by atoms with Crippen molar-refractivity contribution in [1.82, 2.24) is 4.98 Å². The Balaban J connectivity index is 3.27. The average Bonchev–Trinajstić information content (AvgIpc) is 2.18. The lowest BCUT2D eigenvalue weighted by Crippen LogP contribution is -2.03. The van der Waals surface area contributed by atoms with Gasteiger partial charge < -0.3 is 0 Å². The van der Waals surface area contributed by atoms with Crippen LogP contribution in [0.2, 0.25) is 0 Å². The molecule has 0 spiro atoms. The molecule has 1 aromatic rings. The summed E-state index contributed by atoms with van der Waals surface area (Å²) >= 11 is 5.08. The van der Waals surface area contributed by atoms with Crippen LogP contribution in [-0.4, -0.2) is 4.98 Å². The summed E-state index contributed by atoms with van der Waals surface area (Å²) in [6.45, 7) is 0. The highest BCUT2D eigenvalue weighted by molar-refractivity contribution is 14.1. The van der Waals surface area contributed by atoms with Crippen LogP contribution in [0.4, 0.5) is 8.78 Å². The SMILES string of the molecule is N#CCc1ncc(C(F)F)c(I)c1CBr. The van der Waals surface area contributed by atoms with Gasteiger partial charge in [0.05, 0.1) is 18.2 Å². The van der Waals surface area contributed by atoms with E-state index in [4.69, 9.17) is 5.26 Å². The maximum Gasteiger partial charge on any atom is 0.266 e. The molecule has 0 radical (unpaired) electrons. The van der Waals surface area contributed by atoms with Crippen LogP contribution in [0.1, 0.15) is 23.2 Å². The number of rotatable bonds is 3. The van der Waals surface area contributed by atoms with Gasteiger partial charge in [0, 0.05) is 20.7 Å². The number of pyridine rings is 1. The van der Waals surface area contributed by atoms with Crippen LogP contribution in [0.25, 0.3) is 0 Å². The Bertz CT molecular complexity index is 404. The van der Waals surface area contributed by atoms with Gasteiger partial charge in [-0.1, -0.05) is 15.9 Å². The lowest BCUT2D eigenvalue weighted by atomic mass is 10.1. The van der Waals surface area contributed by atoms with E-state index in [9.17, 15) is 8.78 Å². The number of alkyl halides is 3. The van der Waals surface area contributed by atoms with Gasteiger partial charge in [-0.25, -0.2) is 8.78 Å². The molecule has 0 aromatic carbocycles. The predicted octanol–water partition coefficient (Wildman–Crippen LogP) is 3.58. The van der Waals surface area contributed by atoms with Gasteiger partial charge in [-0.3, -0.25) is 4.98 Å². The van der Waals surface area contributed by atoms with E-state index in [1.165, 1.54) is 0 Å². The summed E-state index contributed by atoms with van der Waals surface area (Å²) in [4.78, 5) is 3.88. The van der Waals surface area contributed by atoms with Crippen molar-refractivity contribution in [3.05, 3.63) is 26.6 Å². The van der Waals surface area contributed by atoms with Crippen LogP contribution in [0.5, 0.6) is 0 Å². The van der Waals surface area contributed by atoms with E-state index in [2.05, 4.69) is 20.9 Å². The fourth-order valence-electron chi connectivity index (χ4n) is 1.10. The third-order valence-electron chi connectivity index (χ3n) is 1.84. The smallest absolute Gasteiger partial charge is 0.259 e. The van der Waals surface area contributed by atoms with Gasteiger partial charge in [-0.05, 0) is 28.2 Å². The minimum absolute atomic E-state index is 0.0771. The molecule has 0 aliphatic heterocycles. The number of nitrogens with zero attached hydrogens (tertiary/aromatic N) is 2. The van der Waals surface area contributed by atoms with E-state index < -0.39 is 6.43 Å². The molecular weight excluding hydrogens is 381 g/mol. The maximum absolute atomic E-state index is 12.5. The molecule has 2 nitrogen and oxygen atoms in total. The van der Waals surface area contributed by atoms with Crippen molar-refractivity contribution in [2.75, 3.05) is 0 Å². The molecule has 15 heavy (non-hydrogen) atoms. The normalized spacial score (nSPS) is 10.4. The highest BCUT2D eigenvalue weighted by atomic mass is 127. The largest absolute Gasteiger partial charge is 0.266 e. The molecule has 1 rings (SSSR count). The lowest BCUT2D eigenvalue weighted by molar-refractivity contribution is 0.150. The van der Waals surface area contributed by atoms with Gasteiger partial charge in [0.2, 0.25) is 0 Å². The van der Waals surface area contributed by atoms with Crippen LogP contribution in [-0.2, 0) is 11.8 Å². The molecule has 1 heterocycles. The van der Waals surface area contributed by atoms with E-state index in [1.807, 2.05) is 28.7 Å². The molecule has 1 aromatic heterocycles. The third kappa shape index (κ3) is 2.84. The minimum atomic E-state index is -2.53. The van der Waals surface area contributed by atoms with Crippen LogP contribution < -0.4 is 0 Å². The molecule has 0 atom stereocenters. The number of hydrogen-bond donors (Lipinski definition) is 0. The molecule has 0 aliphatic rings. The van der Waals surface area contributed by atoms with Crippen LogP contribution in [0.15, 0.2) is 6.20 Å². The summed E-state index contributed by atoms with van der Waals surface area (Å²) in [6.07, 6.45) is -1.25. The van der Waals surface area contributed by atoms with Gasteiger partial charge >= 0.3 is 0 Å². The van der Waals surface area contributed by atoms with Crippen LogP contribution in [0, 0.1) is 14.9 Å². The Labute approximate surface area is 108 Å². The average molecular weight is 387 g/mol. The van der Waals surface area contributed by atoms with E-state index in [1.54, 1.807) is 0 Å². The number of nitriles is 1. The Morgan fingerprint density at radius 3 is 2.73 bits per heavy atom. The zero-order valence-corrected chi connectivity index (χ0v) is 11.2. The fraction of sp³-hybridized carbons (Fsp3) is 0.333. The Morgan fingerprint density at radius 2 is 2.27 bits per heavy atom. The molecule has 0 fully saturated rings. The Kier molecular flexibility index (Phi) is 4.86. The highest BCUT2D eigenvalue weighted by Gasteiger charge is 2.17. The second kappa shape index (κ2) is 5.70. The van der Waals surface area contributed by atoms with Gasteiger partial charge in [-0.15, -0.1) is 0 Å². The number of aromatic nitrogens is 1. The molecule has 0 saturated heterocycles. The molecule has 0 saturated carbocycles. The van der Waals surface area contributed by atoms with E-state index in [0.717, 1.165) is 6.20 Å². The highest BCUT2D eigenvalue weighted by Crippen LogP contribution is 2.29. The third-order valence-corrected chi connectivity index (χ3v) is 3.68. The predicted molar refractivity (Wildman–Crippen MR) is 63.9 cm³/mol. The van der Waals surface area contributed by atoms with Gasteiger partial charge in [-0.2, -0.15) is 5.26 Å². The van der Waals surface area contributed by atoms with Crippen molar-refractivity contribution >= 4 is 38.5 Å². The Hall–Kier alpha value is -0.290. The fourth-order valence-corrected chi connectivity index (χ4v) is 3.10. The van der Waals surface area contributed by atoms with Gasteiger partial charge in [0.15, 0.2) is 0 Å². The molecule has 0 aliphatic carbocycles. The van der Waals surface area contributed by atoms with Crippen molar-refractivity contribution in [2.24, 2.45) is 0 Å². The summed E-state index contributed by atoms with van der Waals surface area (Å²) in [7, 11) is 0. The van der Waals surface area contributed by atoms with Crippen molar-refractivity contribution in [1.29, 1.82) is 5.26 Å². The van der Waals surface area contributed by atoms with Crippen molar-refractivity contribution in [3.8, 4) is 6.07 Å². The van der Waals surface area contributed by atoms with Gasteiger partial charge in [0.1, 0.15) is 0 Å². The molecule has 80 valence electrons. The van der Waals surface area contributed by atoms with Crippen molar-refractivity contribution in [3.63, 3.8) is 0 Å². The first kappa shape index (κ1) is 12.8. The molecular formula is C9H6BrF2IN2. The molecule has 0 unspecified atom stereocenters. The maximum atomic E-state index is 12.5. The summed E-state index contributed by atoms with van der Waals surface area (Å²) in [5, 5.41) is 8.98. The van der Waals surface area contributed by atoms with E-state index in [0.29, 0.717) is 20.2 Å². The van der Waals surface area contributed by atoms with E-state index in [-0.39, 0.29) is 12.0 Å². The first-order chi connectivity index (χ1) is 7.11. The molecule has 0 N–H and O–H groups in total. The first-order valence-electron chi connectivity index (χ1n) is 3.99. The Morgan fingerprint density at radius 1 is 1.60 bits per heavy atom. The number of hydrogen-bond acceptors (Lipinski definition) is 2. The quantitative estimate of drug-likeness (QED) is 0.588. The monoisotopic (exact) mass is 386 g/mol. The second-order valence-corrected chi connectivity index (χ2v) is 4.36. The zero-order valence-electron chi connectivity index (χ0n) is 7.48. The van der Waals surface area contributed by atoms with E-state index >= 15 is 0 Å².